The summed E-state index contributed by atoms with van der Waals surface area (Å²) >= 11 is 0. The molecule has 0 saturated heterocycles. The molecule has 62 valence electrons. The number of hydrogen-bond acceptors (Lipinski definition) is 3. The number of hydrogen-bond donors (Lipinski definition) is 0. The van der Waals surface area contributed by atoms with E-state index < -0.39 is 0 Å². The Morgan fingerprint density at radius 2 is 2.00 bits per heavy atom. The highest BCUT2D eigenvalue weighted by molar-refractivity contribution is 5.85. The van der Waals surface area contributed by atoms with Gasteiger partial charge in [0.25, 0.3) is 0 Å². The van der Waals surface area contributed by atoms with Gasteiger partial charge in [0.2, 0.25) is 0 Å². The fourth-order valence-electron chi connectivity index (χ4n) is 0.341. The summed E-state index contributed by atoms with van der Waals surface area (Å²) in [6.45, 7) is 2.60. The van der Waals surface area contributed by atoms with Crippen molar-refractivity contribution in [3.63, 3.8) is 0 Å². The largest absolute Gasteiger partial charge is 0.463 e. The summed E-state index contributed by atoms with van der Waals surface area (Å²) < 4.78 is 9.33. The van der Waals surface area contributed by atoms with Crippen molar-refractivity contribution in [2.75, 3.05) is 20.3 Å². The lowest BCUT2D eigenvalue weighted by molar-refractivity contribution is -0.144. The molecule has 0 amide bonds. The third-order valence-corrected chi connectivity index (χ3v) is 0.839. The van der Waals surface area contributed by atoms with Crippen molar-refractivity contribution in [1.29, 1.82) is 0 Å². The number of methoxy groups -OCH3 is 1. The Hall–Kier alpha value is -0.280. The Labute approximate surface area is 67.1 Å². The van der Waals surface area contributed by atoms with Crippen LogP contribution in [0.25, 0.3) is 0 Å². The summed E-state index contributed by atoms with van der Waals surface area (Å²) in [5, 5.41) is 0. The molecule has 0 atom stereocenters. The van der Waals surface area contributed by atoms with Crippen LogP contribution in [0.2, 0.25) is 0 Å². The van der Waals surface area contributed by atoms with E-state index in [2.05, 4.69) is 9.47 Å². The van der Waals surface area contributed by atoms with Gasteiger partial charge in [-0.05, 0) is 0 Å². The van der Waals surface area contributed by atoms with Gasteiger partial charge >= 0.3 is 5.97 Å². The summed E-state index contributed by atoms with van der Waals surface area (Å²) in [7, 11) is 1.57. The monoisotopic (exact) mass is 168 g/mol. The van der Waals surface area contributed by atoms with Gasteiger partial charge in [-0.3, -0.25) is 4.79 Å². The van der Waals surface area contributed by atoms with Gasteiger partial charge in [0, 0.05) is 13.5 Å². The van der Waals surface area contributed by atoms with E-state index in [9.17, 15) is 4.79 Å². The SMILES string of the molecule is CCC(=O)OCCOC.Cl. The van der Waals surface area contributed by atoms with E-state index in [1.165, 1.54) is 0 Å². The van der Waals surface area contributed by atoms with Crippen molar-refractivity contribution >= 4 is 18.4 Å². The summed E-state index contributed by atoms with van der Waals surface area (Å²) in [6.07, 6.45) is 0.434. The molecule has 0 aromatic heterocycles. The van der Waals surface area contributed by atoms with Crippen LogP contribution in [0.1, 0.15) is 13.3 Å². The smallest absolute Gasteiger partial charge is 0.305 e. The van der Waals surface area contributed by atoms with Crippen LogP contribution in [0.3, 0.4) is 0 Å². The zero-order chi connectivity index (χ0) is 7.11. The maximum absolute atomic E-state index is 10.4. The van der Waals surface area contributed by atoms with E-state index in [4.69, 9.17) is 0 Å². The van der Waals surface area contributed by atoms with Crippen LogP contribution in [-0.2, 0) is 14.3 Å². The first kappa shape index (κ1) is 12.4. The van der Waals surface area contributed by atoms with Crippen LogP contribution in [0, 0.1) is 0 Å². The van der Waals surface area contributed by atoms with E-state index in [-0.39, 0.29) is 18.4 Å². The first-order chi connectivity index (χ1) is 4.31. The van der Waals surface area contributed by atoms with Crippen LogP contribution < -0.4 is 0 Å². The molecule has 0 saturated carbocycles. The highest BCUT2D eigenvalue weighted by Gasteiger charge is 1.94. The second-order valence-electron chi connectivity index (χ2n) is 1.57. The summed E-state index contributed by atoms with van der Waals surface area (Å²) in [5.74, 6) is -0.174. The van der Waals surface area contributed by atoms with Gasteiger partial charge in [0.1, 0.15) is 6.61 Å². The summed E-state index contributed by atoms with van der Waals surface area (Å²) in [6, 6.07) is 0. The average molecular weight is 169 g/mol. The van der Waals surface area contributed by atoms with E-state index >= 15 is 0 Å². The summed E-state index contributed by atoms with van der Waals surface area (Å²) in [5.41, 5.74) is 0. The first-order valence-corrected chi connectivity index (χ1v) is 2.95. The molecule has 0 aliphatic carbocycles. The molecule has 0 aliphatic heterocycles. The molecular formula is C6H13ClO3. The molecule has 0 heterocycles. The Morgan fingerprint density at radius 3 is 2.40 bits per heavy atom. The third kappa shape index (κ3) is 7.72. The van der Waals surface area contributed by atoms with Crippen molar-refractivity contribution < 1.29 is 14.3 Å². The Kier molecular flexibility index (Phi) is 10.8. The maximum atomic E-state index is 10.4. The lowest BCUT2D eigenvalue weighted by Gasteiger charge is -1.99. The number of esters is 1. The van der Waals surface area contributed by atoms with Crippen LogP contribution in [-0.4, -0.2) is 26.3 Å². The quantitative estimate of drug-likeness (QED) is 0.464. The van der Waals surface area contributed by atoms with Crippen molar-refractivity contribution in [2.24, 2.45) is 0 Å². The molecule has 0 spiro atoms. The molecule has 0 bridgehead atoms. The zero-order valence-electron chi connectivity index (χ0n) is 6.25. The van der Waals surface area contributed by atoms with Crippen molar-refractivity contribution in [3.8, 4) is 0 Å². The maximum Gasteiger partial charge on any atom is 0.305 e. The molecule has 0 aromatic carbocycles. The number of carbonyl (C=O) groups excluding carboxylic acids is 1. The summed E-state index contributed by atoms with van der Waals surface area (Å²) in [4.78, 5) is 10.4. The van der Waals surface area contributed by atoms with Crippen LogP contribution >= 0.6 is 12.4 Å². The topological polar surface area (TPSA) is 35.5 Å². The Balaban J connectivity index is 0. The number of halogens is 1. The highest BCUT2D eigenvalue weighted by Crippen LogP contribution is 1.82. The minimum Gasteiger partial charge on any atom is -0.463 e. The van der Waals surface area contributed by atoms with Gasteiger partial charge in [-0.1, -0.05) is 6.92 Å². The zero-order valence-corrected chi connectivity index (χ0v) is 7.07. The normalized spacial score (nSPS) is 8.20. The van der Waals surface area contributed by atoms with Crippen molar-refractivity contribution in [2.45, 2.75) is 13.3 Å². The molecule has 0 radical (unpaired) electrons. The van der Waals surface area contributed by atoms with E-state index in [1.807, 2.05) is 0 Å². The number of ether oxygens (including phenoxy) is 2. The lowest BCUT2D eigenvalue weighted by Crippen LogP contribution is -2.07. The van der Waals surface area contributed by atoms with Crippen LogP contribution in [0.15, 0.2) is 0 Å². The second-order valence-corrected chi connectivity index (χ2v) is 1.57. The molecule has 3 nitrogen and oxygen atoms in total. The van der Waals surface area contributed by atoms with Crippen molar-refractivity contribution in [3.05, 3.63) is 0 Å². The van der Waals surface area contributed by atoms with E-state index in [0.717, 1.165) is 0 Å². The molecule has 0 rings (SSSR count). The molecule has 0 unspecified atom stereocenters. The number of carbonyl (C=O) groups is 1. The van der Waals surface area contributed by atoms with Gasteiger partial charge in [-0.25, -0.2) is 0 Å². The van der Waals surface area contributed by atoms with Gasteiger partial charge in [-0.2, -0.15) is 0 Å². The van der Waals surface area contributed by atoms with Gasteiger partial charge in [0.15, 0.2) is 0 Å². The molecule has 0 N–H and O–H groups in total. The molecular weight excluding hydrogens is 156 g/mol. The van der Waals surface area contributed by atoms with E-state index in [0.29, 0.717) is 19.6 Å². The van der Waals surface area contributed by atoms with Crippen LogP contribution in [0.5, 0.6) is 0 Å². The lowest BCUT2D eigenvalue weighted by atomic mass is 10.5. The van der Waals surface area contributed by atoms with Gasteiger partial charge < -0.3 is 9.47 Å². The van der Waals surface area contributed by atoms with Crippen LogP contribution in [0.4, 0.5) is 0 Å². The second kappa shape index (κ2) is 8.72. The van der Waals surface area contributed by atoms with Crippen molar-refractivity contribution in [1.82, 2.24) is 0 Å². The fraction of sp³-hybridized carbons (Fsp3) is 0.833. The standard InChI is InChI=1S/C6H12O3.ClH/c1-3-6(7)9-5-4-8-2;/h3-5H2,1-2H3;1H. The Morgan fingerprint density at radius 1 is 1.40 bits per heavy atom. The predicted molar refractivity (Wildman–Crippen MR) is 40.4 cm³/mol. The fourth-order valence-corrected chi connectivity index (χ4v) is 0.341. The first-order valence-electron chi connectivity index (χ1n) is 2.95. The van der Waals surface area contributed by atoms with Gasteiger partial charge in [0.05, 0.1) is 6.61 Å². The third-order valence-electron chi connectivity index (χ3n) is 0.839. The minimum atomic E-state index is -0.174. The Bertz CT molecular complexity index is 85.1. The average Bonchev–Trinajstić information content (AvgIpc) is 1.89. The number of rotatable bonds is 4. The van der Waals surface area contributed by atoms with Gasteiger partial charge in [-0.15, -0.1) is 12.4 Å². The molecule has 0 aromatic rings. The highest BCUT2D eigenvalue weighted by atomic mass is 35.5. The minimum absolute atomic E-state index is 0. The molecule has 10 heavy (non-hydrogen) atoms. The van der Waals surface area contributed by atoms with E-state index in [1.54, 1.807) is 14.0 Å². The molecule has 0 aliphatic rings. The molecule has 4 heteroatoms. The molecule has 0 fully saturated rings. The predicted octanol–water partition coefficient (Wildman–Crippen LogP) is 1.01.